The van der Waals surface area contributed by atoms with Crippen LogP contribution in [0, 0.1) is 9.39 Å². The molecule has 0 radical (unpaired) electrons. The van der Waals surface area contributed by atoms with Gasteiger partial charge in [0, 0.05) is 3.57 Å². The molecule has 0 atom stereocenters. The fourth-order valence-electron chi connectivity index (χ4n) is 0.835. The lowest BCUT2D eigenvalue weighted by molar-refractivity contribution is 0.0369. The summed E-state index contributed by atoms with van der Waals surface area (Å²) in [6.07, 6.45) is 0.796. The highest BCUT2D eigenvalue weighted by Gasteiger charge is 2.14. The SMILES string of the molecule is CC(C)OC(=O)c1ncc(F)cc1I. The number of esters is 1. The van der Waals surface area contributed by atoms with Crippen molar-refractivity contribution in [3.8, 4) is 0 Å². The lowest BCUT2D eigenvalue weighted by atomic mass is 10.3. The molecular formula is C9H9FINO2. The zero-order valence-corrected chi connectivity index (χ0v) is 9.91. The van der Waals surface area contributed by atoms with Gasteiger partial charge in [0.15, 0.2) is 5.69 Å². The monoisotopic (exact) mass is 309 g/mol. The van der Waals surface area contributed by atoms with Gasteiger partial charge in [0.2, 0.25) is 0 Å². The second-order valence-electron chi connectivity index (χ2n) is 2.94. The van der Waals surface area contributed by atoms with E-state index in [4.69, 9.17) is 4.74 Å². The van der Waals surface area contributed by atoms with E-state index in [0.717, 1.165) is 6.20 Å². The fraction of sp³-hybridized carbons (Fsp3) is 0.333. The normalized spacial score (nSPS) is 10.4. The van der Waals surface area contributed by atoms with E-state index < -0.39 is 11.8 Å². The minimum Gasteiger partial charge on any atom is -0.458 e. The number of nitrogens with zero attached hydrogens (tertiary/aromatic N) is 1. The number of halogens is 2. The lowest BCUT2D eigenvalue weighted by Gasteiger charge is -2.07. The standard InChI is InChI=1S/C9H9FINO2/c1-5(2)14-9(13)8-7(11)3-6(10)4-12-8/h3-5H,1-2H3. The van der Waals surface area contributed by atoms with Crippen molar-refractivity contribution >= 4 is 28.6 Å². The van der Waals surface area contributed by atoms with Crippen molar-refractivity contribution in [1.82, 2.24) is 4.98 Å². The first-order valence-corrected chi connectivity index (χ1v) is 5.10. The molecular weight excluding hydrogens is 300 g/mol. The Morgan fingerprint density at radius 2 is 2.29 bits per heavy atom. The molecule has 14 heavy (non-hydrogen) atoms. The summed E-state index contributed by atoms with van der Waals surface area (Å²) in [6, 6.07) is 1.24. The van der Waals surface area contributed by atoms with E-state index >= 15 is 0 Å². The maximum absolute atomic E-state index is 12.7. The highest BCUT2D eigenvalue weighted by atomic mass is 127. The van der Waals surface area contributed by atoms with Crippen LogP contribution in [-0.2, 0) is 4.74 Å². The van der Waals surface area contributed by atoms with Gasteiger partial charge >= 0.3 is 5.97 Å². The van der Waals surface area contributed by atoms with Crippen LogP contribution < -0.4 is 0 Å². The average molecular weight is 309 g/mol. The summed E-state index contributed by atoms with van der Waals surface area (Å²) in [6.45, 7) is 3.49. The average Bonchev–Trinajstić information content (AvgIpc) is 2.01. The third kappa shape index (κ3) is 2.90. The Labute approximate surface area is 94.8 Å². The van der Waals surface area contributed by atoms with Crippen LogP contribution in [0.4, 0.5) is 4.39 Å². The highest BCUT2D eigenvalue weighted by molar-refractivity contribution is 14.1. The number of carbonyl (C=O) groups excluding carboxylic acids is 1. The Morgan fingerprint density at radius 3 is 2.79 bits per heavy atom. The van der Waals surface area contributed by atoms with E-state index in [1.807, 2.05) is 22.6 Å². The molecule has 1 heterocycles. The van der Waals surface area contributed by atoms with Crippen LogP contribution in [0.3, 0.4) is 0 Å². The topological polar surface area (TPSA) is 39.2 Å². The molecule has 5 heteroatoms. The number of ether oxygens (including phenoxy) is 1. The summed E-state index contributed by atoms with van der Waals surface area (Å²) in [5, 5.41) is 0. The molecule has 1 aromatic rings. The van der Waals surface area contributed by atoms with E-state index in [1.165, 1.54) is 6.07 Å². The molecule has 3 nitrogen and oxygen atoms in total. The number of hydrogen-bond acceptors (Lipinski definition) is 3. The van der Waals surface area contributed by atoms with Crippen molar-refractivity contribution in [3.05, 3.63) is 27.3 Å². The van der Waals surface area contributed by atoms with Gasteiger partial charge in [0.25, 0.3) is 0 Å². The predicted octanol–water partition coefficient (Wildman–Crippen LogP) is 2.39. The van der Waals surface area contributed by atoms with Crippen LogP contribution in [-0.4, -0.2) is 17.1 Å². The van der Waals surface area contributed by atoms with E-state index in [2.05, 4.69) is 4.98 Å². The van der Waals surface area contributed by atoms with Gasteiger partial charge in [0.05, 0.1) is 12.3 Å². The van der Waals surface area contributed by atoms with E-state index in [9.17, 15) is 9.18 Å². The highest BCUT2D eigenvalue weighted by Crippen LogP contribution is 2.12. The van der Waals surface area contributed by atoms with Crippen LogP contribution in [0.1, 0.15) is 24.3 Å². The van der Waals surface area contributed by atoms with Crippen LogP contribution in [0.25, 0.3) is 0 Å². The fourth-order valence-corrected chi connectivity index (χ4v) is 1.49. The summed E-state index contributed by atoms with van der Waals surface area (Å²) in [4.78, 5) is 15.0. The molecule has 0 fully saturated rings. The number of pyridine rings is 1. The number of rotatable bonds is 2. The first-order valence-electron chi connectivity index (χ1n) is 4.02. The molecule has 0 bridgehead atoms. The van der Waals surface area contributed by atoms with Gasteiger partial charge in [-0.15, -0.1) is 0 Å². The molecule has 0 aromatic carbocycles. The second kappa shape index (κ2) is 4.68. The number of hydrogen-bond donors (Lipinski definition) is 0. The van der Waals surface area contributed by atoms with Crippen LogP contribution in [0.15, 0.2) is 12.3 Å². The van der Waals surface area contributed by atoms with Gasteiger partial charge < -0.3 is 4.74 Å². The van der Waals surface area contributed by atoms with E-state index in [-0.39, 0.29) is 11.8 Å². The maximum atomic E-state index is 12.7. The molecule has 0 saturated carbocycles. The van der Waals surface area contributed by atoms with Crippen molar-refractivity contribution in [3.63, 3.8) is 0 Å². The number of carbonyl (C=O) groups is 1. The molecule has 0 aliphatic carbocycles. The van der Waals surface area contributed by atoms with Gasteiger partial charge in [0.1, 0.15) is 5.82 Å². The molecule has 1 aromatic heterocycles. The Morgan fingerprint density at radius 1 is 1.64 bits per heavy atom. The minimum absolute atomic E-state index is 0.153. The lowest BCUT2D eigenvalue weighted by Crippen LogP contribution is -2.14. The first-order chi connectivity index (χ1) is 6.50. The van der Waals surface area contributed by atoms with Gasteiger partial charge in [-0.25, -0.2) is 14.2 Å². The van der Waals surface area contributed by atoms with Gasteiger partial charge in [-0.3, -0.25) is 0 Å². The number of aromatic nitrogens is 1. The Balaban J connectivity index is 2.90. The van der Waals surface area contributed by atoms with Gasteiger partial charge in [-0.05, 0) is 42.5 Å². The van der Waals surface area contributed by atoms with Gasteiger partial charge in [-0.1, -0.05) is 0 Å². The Hall–Kier alpha value is -0.720. The van der Waals surface area contributed by atoms with Gasteiger partial charge in [-0.2, -0.15) is 0 Å². The third-order valence-corrected chi connectivity index (χ3v) is 2.17. The van der Waals surface area contributed by atoms with E-state index in [1.54, 1.807) is 13.8 Å². The molecule has 1 rings (SSSR count). The largest absolute Gasteiger partial charge is 0.458 e. The molecule has 0 N–H and O–H groups in total. The maximum Gasteiger partial charge on any atom is 0.358 e. The zero-order chi connectivity index (χ0) is 10.7. The molecule has 0 unspecified atom stereocenters. The Kier molecular flexibility index (Phi) is 3.79. The minimum atomic E-state index is -0.524. The molecule has 76 valence electrons. The van der Waals surface area contributed by atoms with Crippen molar-refractivity contribution in [2.24, 2.45) is 0 Å². The summed E-state index contributed by atoms with van der Waals surface area (Å²) in [7, 11) is 0. The third-order valence-electron chi connectivity index (χ3n) is 1.34. The van der Waals surface area contributed by atoms with Crippen LogP contribution >= 0.6 is 22.6 Å². The van der Waals surface area contributed by atoms with Crippen molar-refractivity contribution in [2.45, 2.75) is 20.0 Å². The van der Waals surface area contributed by atoms with Crippen molar-refractivity contribution in [1.29, 1.82) is 0 Å². The van der Waals surface area contributed by atoms with Crippen molar-refractivity contribution in [2.75, 3.05) is 0 Å². The molecule has 0 amide bonds. The predicted molar refractivity (Wildman–Crippen MR) is 57.5 cm³/mol. The smallest absolute Gasteiger partial charge is 0.358 e. The zero-order valence-electron chi connectivity index (χ0n) is 7.75. The van der Waals surface area contributed by atoms with Crippen LogP contribution in [0.2, 0.25) is 0 Å². The summed E-state index contributed by atoms with van der Waals surface area (Å²) < 4.78 is 18.0. The molecule has 0 aliphatic rings. The van der Waals surface area contributed by atoms with Crippen molar-refractivity contribution < 1.29 is 13.9 Å². The quantitative estimate of drug-likeness (QED) is 0.622. The molecule has 0 aliphatic heterocycles. The van der Waals surface area contributed by atoms with Crippen LogP contribution in [0.5, 0.6) is 0 Å². The first kappa shape index (κ1) is 11.4. The molecule has 0 spiro atoms. The summed E-state index contributed by atoms with van der Waals surface area (Å²) >= 11 is 1.84. The second-order valence-corrected chi connectivity index (χ2v) is 4.10. The summed E-state index contributed by atoms with van der Waals surface area (Å²) in [5.41, 5.74) is 0.153. The Bertz CT molecular complexity index is 355. The van der Waals surface area contributed by atoms with E-state index in [0.29, 0.717) is 3.57 Å². The molecule has 0 saturated heterocycles. The summed E-state index contributed by atoms with van der Waals surface area (Å²) in [5.74, 6) is -0.986.